The number of nitrogens with zero attached hydrogens (tertiary/aromatic N) is 2. The number of aromatic nitrogens is 2. The highest BCUT2D eigenvalue weighted by molar-refractivity contribution is 7.92. The molecule has 0 aliphatic rings. The van der Waals surface area contributed by atoms with Gasteiger partial charge in [0, 0.05) is 11.6 Å². The van der Waals surface area contributed by atoms with Crippen molar-refractivity contribution in [3.8, 4) is 0 Å². The Balaban J connectivity index is 1.81. The Morgan fingerprint density at radius 3 is 2.48 bits per heavy atom. The molecule has 1 heterocycles. The van der Waals surface area contributed by atoms with Crippen LogP contribution in [0.3, 0.4) is 0 Å². The Labute approximate surface area is 191 Å². The summed E-state index contributed by atoms with van der Waals surface area (Å²) in [4.78, 5) is 4.47. The lowest BCUT2D eigenvalue weighted by Crippen LogP contribution is -2.15. The van der Waals surface area contributed by atoms with Gasteiger partial charge >= 0.3 is 0 Å². The predicted octanol–water partition coefficient (Wildman–Crippen LogP) is 6.12. The summed E-state index contributed by atoms with van der Waals surface area (Å²) in [6.07, 6.45) is 1.74. The fourth-order valence-corrected chi connectivity index (χ4v) is 5.41. The first-order valence-electron chi connectivity index (χ1n) is 9.65. The quantitative estimate of drug-likeness (QED) is 0.379. The average molecular weight is 474 g/mol. The molecule has 0 saturated carbocycles. The zero-order chi connectivity index (χ0) is 22.3. The molecular formula is C23H21Cl2N3O2S. The molecule has 0 aliphatic carbocycles. The monoisotopic (exact) mass is 473 g/mol. The molecule has 0 unspecified atom stereocenters. The van der Waals surface area contributed by atoms with Crippen molar-refractivity contribution in [1.29, 1.82) is 0 Å². The van der Waals surface area contributed by atoms with Crippen molar-refractivity contribution in [3.05, 3.63) is 87.2 Å². The van der Waals surface area contributed by atoms with Crippen LogP contribution in [0.25, 0.3) is 11.0 Å². The number of halogens is 2. The lowest BCUT2D eigenvalue weighted by Gasteiger charge is -2.15. The zero-order valence-electron chi connectivity index (χ0n) is 17.3. The molecule has 3 aromatic carbocycles. The van der Waals surface area contributed by atoms with Crippen molar-refractivity contribution in [2.45, 2.75) is 32.2 Å². The Morgan fingerprint density at radius 1 is 1.00 bits per heavy atom. The molecule has 31 heavy (non-hydrogen) atoms. The van der Waals surface area contributed by atoms with Crippen molar-refractivity contribution < 1.29 is 8.42 Å². The topological polar surface area (TPSA) is 64.0 Å². The van der Waals surface area contributed by atoms with E-state index < -0.39 is 10.0 Å². The lowest BCUT2D eigenvalue weighted by molar-refractivity contribution is 0.601. The fraction of sp³-hybridized carbons (Fsp3) is 0.174. The largest absolute Gasteiger partial charge is 0.326 e. The van der Waals surface area contributed by atoms with E-state index in [1.807, 2.05) is 36.6 Å². The number of hydrogen-bond donors (Lipinski definition) is 1. The van der Waals surface area contributed by atoms with Crippen molar-refractivity contribution in [2.24, 2.45) is 0 Å². The van der Waals surface area contributed by atoms with Crippen LogP contribution in [0.1, 0.15) is 22.3 Å². The maximum Gasteiger partial charge on any atom is 0.263 e. The second kappa shape index (κ2) is 8.19. The summed E-state index contributed by atoms with van der Waals surface area (Å²) in [5, 5.41) is 0.391. The molecule has 8 heteroatoms. The van der Waals surface area contributed by atoms with Crippen molar-refractivity contribution >= 4 is 49.9 Å². The Hall–Kier alpha value is -2.54. The minimum absolute atomic E-state index is 0.0740. The van der Waals surface area contributed by atoms with Gasteiger partial charge in [-0.2, -0.15) is 0 Å². The molecule has 0 fully saturated rings. The van der Waals surface area contributed by atoms with Crippen LogP contribution < -0.4 is 4.72 Å². The van der Waals surface area contributed by atoms with Gasteiger partial charge in [0.05, 0.1) is 22.6 Å². The lowest BCUT2D eigenvalue weighted by atomic mass is 10.1. The van der Waals surface area contributed by atoms with Crippen LogP contribution in [0.2, 0.25) is 10.0 Å². The van der Waals surface area contributed by atoms with E-state index in [1.54, 1.807) is 12.4 Å². The average Bonchev–Trinajstić information content (AvgIpc) is 3.11. The molecule has 0 atom stereocenters. The van der Waals surface area contributed by atoms with E-state index in [1.165, 1.54) is 23.3 Å². The van der Waals surface area contributed by atoms with Gasteiger partial charge in [0.1, 0.15) is 10.4 Å². The number of imidazole rings is 1. The summed E-state index contributed by atoms with van der Waals surface area (Å²) < 4.78 is 31.0. The van der Waals surface area contributed by atoms with Gasteiger partial charge in [-0.15, -0.1) is 0 Å². The molecule has 0 radical (unpaired) electrons. The Morgan fingerprint density at radius 2 is 1.74 bits per heavy atom. The van der Waals surface area contributed by atoms with E-state index in [-0.39, 0.29) is 9.92 Å². The molecule has 0 spiro atoms. The summed E-state index contributed by atoms with van der Waals surface area (Å²) >= 11 is 12.2. The summed E-state index contributed by atoms with van der Waals surface area (Å²) in [5.74, 6) is 0. The van der Waals surface area contributed by atoms with Gasteiger partial charge in [0.25, 0.3) is 10.0 Å². The van der Waals surface area contributed by atoms with E-state index in [9.17, 15) is 8.42 Å². The minimum Gasteiger partial charge on any atom is -0.326 e. The fourth-order valence-electron chi connectivity index (χ4n) is 3.52. The summed E-state index contributed by atoms with van der Waals surface area (Å²) in [6.45, 7) is 6.52. The van der Waals surface area contributed by atoms with Crippen LogP contribution >= 0.6 is 23.2 Å². The molecule has 0 amide bonds. The summed E-state index contributed by atoms with van der Waals surface area (Å²) in [7, 11) is -3.97. The molecule has 4 aromatic rings. The third-order valence-corrected chi connectivity index (χ3v) is 7.52. The van der Waals surface area contributed by atoms with Crippen LogP contribution in [0.4, 0.5) is 5.69 Å². The number of nitrogens with one attached hydrogen (secondary N) is 1. The van der Waals surface area contributed by atoms with Crippen molar-refractivity contribution in [2.75, 3.05) is 4.72 Å². The number of hydrogen-bond acceptors (Lipinski definition) is 3. The van der Waals surface area contributed by atoms with Gasteiger partial charge in [0.2, 0.25) is 0 Å². The highest BCUT2D eigenvalue weighted by Gasteiger charge is 2.23. The maximum atomic E-state index is 13.1. The number of fused-ring (bicyclic) bond motifs is 1. The molecule has 0 bridgehead atoms. The molecule has 0 saturated heterocycles. The third-order valence-electron chi connectivity index (χ3n) is 5.46. The predicted molar refractivity (Wildman–Crippen MR) is 127 cm³/mol. The number of aryl methyl sites for hydroxylation is 2. The van der Waals surface area contributed by atoms with Gasteiger partial charge in [-0.1, -0.05) is 47.5 Å². The van der Waals surface area contributed by atoms with E-state index >= 15 is 0 Å². The van der Waals surface area contributed by atoms with Crippen LogP contribution in [0, 0.1) is 20.8 Å². The normalized spacial score (nSPS) is 11.8. The van der Waals surface area contributed by atoms with Gasteiger partial charge in [-0.05, 0) is 67.3 Å². The van der Waals surface area contributed by atoms with Gasteiger partial charge in [-0.3, -0.25) is 4.72 Å². The van der Waals surface area contributed by atoms with E-state index in [4.69, 9.17) is 23.2 Å². The van der Waals surface area contributed by atoms with Crippen molar-refractivity contribution in [3.63, 3.8) is 0 Å². The SMILES string of the molecule is Cc1ccccc1Cn1cnc2c(NS(=O)(=O)c3cc(Cl)ccc3Cl)c(C)c(C)cc21. The van der Waals surface area contributed by atoms with Crippen molar-refractivity contribution in [1.82, 2.24) is 9.55 Å². The first-order valence-corrected chi connectivity index (χ1v) is 11.9. The van der Waals surface area contributed by atoms with E-state index in [0.717, 1.165) is 16.6 Å². The Kier molecular flexibility index (Phi) is 5.73. The molecule has 160 valence electrons. The zero-order valence-corrected chi connectivity index (χ0v) is 19.6. The van der Waals surface area contributed by atoms with Crippen LogP contribution in [-0.4, -0.2) is 18.0 Å². The first kappa shape index (κ1) is 21.7. The molecule has 5 nitrogen and oxygen atoms in total. The number of sulfonamides is 1. The van der Waals surface area contributed by atoms with Crippen LogP contribution in [0.15, 0.2) is 59.8 Å². The standard InChI is InChI=1S/C23H21Cl2N3O2S/c1-14-6-4-5-7-17(14)12-28-13-26-23-20(28)10-15(2)16(3)22(23)27-31(29,30)21-11-18(24)8-9-19(21)25/h4-11,13,27H,12H2,1-3H3. The molecule has 1 N–H and O–H groups in total. The van der Waals surface area contributed by atoms with E-state index in [0.29, 0.717) is 22.8 Å². The van der Waals surface area contributed by atoms with Gasteiger partial charge < -0.3 is 4.57 Å². The number of benzene rings is 3. The van der Waals surface area contributed by atoms with Gasteiger partial charge in [-0.25, -0.2) is 13.4 Å². The number of anilines is 1. The van der Waals surface area contributed by atoms with Crippen LogP contribution in [-0.2, 0) is 16.6 Å². The number of rotatable bonds is 5. The minimum atomic E-state index is -3.97. The molecular weight excluding hydrogens is 453 g/mol. The van der Waals surface area contributed by atoms with Gasteiger partial charge in [0.15, 0.2) is 0 Å². The maximum absolute atomic E-state index is 13.1. The highest BCUT2D eigenvalue weighted by Crippen LogP contribution is 2.33. The molecule has 4 rings (SSSR count). The third kappa shape index (κ3) is 4.15. The second-order valence-electron chi connectivity index (χ2n) is 7.54. The molecule has 1 aromatic heterocycles. The summed E-state index contributed by atoms with van der Waals surface area (Å²) in [6, 6.07) is 14.5. The van der Waals surface area contributed by atoms with Crippen LogP contribution in [0.5, 0.6) is 0 Å². The first-order chi connectivity index (χ1) is 14.7. The summed E-state index contributed by atoms with van der Waals surface area (Å²) in [5.41, 5.74) is 5.98. The van der Waals surface area contributed by atoms with E-state index in [2.05, 4.69) is 28.8 Å². The molecule has 0 aliphatic heterocycles. The Bertz CT molecular complexity index is 1410. The highest BCUT2D eigenvalue weighted by atomic mass is 35.5. The smallest absolute Gasteiger partial charge is 0.263 e. The second-order valence-corrected chi connectivity index (χ2v) is 10.0.